The molecule has 13 heavy (non-hydrogen) atoms. The molecule has 0 radical (unpaired) electrons. The summed E-state index contributed by atoms with van der Waals surface area (Å²) in [4.78, 5) is 1.23. The van der Waals surface area contributed by atoms with Gasteiger partial charge >= 0.3 is 0 Å². The summed E-state index contributed by atoms with van der Waals surface area (Å²) >= 11 is 7.84. The highest BCUT2D eigenvalue weighted by Gasteiger charge is 2.03. The molecule has 0 saturated heterocycles. The monoisotopic (exact) mass is 208 g/mol. The Labute approximate surface area is 86.8 Å². The van der Waals surface area contributed by atoms with Crippen LogP contribution in [0.2, 0.25) is 5.02 Å². The molecule has 0 saturated carbocycles. The van der Waals surface area contributed by atoms with E-state index < -0.39 is 0 Å². The van der Waals surface area contributed by atoms with E-state index in [0.29, 0.717) is 0 Å². The molecule has 0 unspecified atom stereocenters. The molecule has 0 amide bonds. The van der Waals surface area contributed by atoms with Crippen molar-refractivity contribution >= 4 is 22.9 Å². The van der Waals surface area contributed by atoms with Gasteiger partial charge in [-0.1, -0.05) is 29.8 Å². The zero-order valence-electron chi connectivity index (χ0n) is 7.25. The molecule has 0 aliphatic heterocycles. The lowest BCUT2D eigenvalue weighted by Crippen LogP contribution is -1.76. The van der Waals surface area contributed by atoms with E-state index in [9.17, 15) is 0 Å². The number of rotatable bonds is 1. The SMILES string of the molecule is Cc1ccc(-c2cccs2)c(Cl)c1. The van der Waals surface area contributed by atoms with Crippen LogP contribution in [0, 0.1) is 6.92 Å². The molecule has 2 heteroatoms. The smallest absolute Gasteiger partial charge is 0.0495 e. The number of aryl methyl sites for hydroxylation is 1. The van der Waals surface area contributed by atoms with Crippen LogP contribution in [0.3, 0.4) is 0 Å². The Morgan fingerprint density at radius 3 is 2.69 bits per heavy atom. The highest BCUT2D eigenvalue weighted by Crippen LogP contribution is 2.31. The van der Waals surface area contributed by atoms with Gasteiger partial charge < -0.3 is 0 Å². The van der Waals surface area contributed by atoms with Crippen LogP contribution in [-0.2, 0) is 0 Å². The number of thiophene rings is 1. The van der Waals surface area contributed by atoms with E-state index in [1.807, 2.05) is 19.1 Å². The Morgan fingerprint density at radius 1 is 1.23 bits per heavy atom. The summed E-state index contributed by atoms with van der Waals surface area (Å²) < 4.78 is 0. The van der Waals surface area contributed by atoms with Crippen molar-refractivity contribution < 1.29 is 0 Å². The lowest BCUT2D eigenvalue weighted by Gasteiger charge is -2.01. The van der Waals surface area contributed by atoms with E-state index in [-0.39, 0.29) is 0 Å². The minimum absolute atomic E-state index is 0.836. The summed E-state index contributed by atoms with van der Waals surface area (Å²) in [6, 6.07) is 10.3. The van der Waals surface area contributed by atoms with E-state index in [0.717, 1.165) is 10.6 Å². The summed E-state index contributed by atoms with van der Waals surface area (Å²) in [5.74, 6) is 0. The minimum atomic E-state index is 0.836. The Morgan fingerprint density at radius 2 is 2.08 bits per heavy atom. The van der Waals surface area contributed by atoms with Crippen LogP contribution < -0.4 is 0 Å². The largest absolute Gasteiger partial charge is 0.144 e. The number of benzene rings is 1. The zero-order valence-corrected chi connectivity index (χ0v) is 8.82. The number of halogens is 1. The molecule has 0 atom stereocenters. The van der Waals surface area contributed by atoms with Gasteiger partial charge in [0.15, 0.2) is 0 Å². The van der Waals surface area contributed by atoms with Gasteiger partial charge in [0.05, 0.1) is 0 Å². The van der Waals surface area contributed by atoms with Crippen molar-refractivity contribution in [2.45, 2.75) is 6.92 Å². The fourth-order valence-corrected chi connectivity index (χ4v) is 2.41. The Bertz CT molecular complexity index is 404. The van der Waals surface area contributed by atoms with Crippen LogP contribution in [0.15, 0.2) is 35.7 Å². The molecule has 2 rings (SSSR count). The molecule has 0 aliphatic carbocycles. The summed E-state index contributed by atoms with van der Waals surface area (Å²) in [6.45, 7) is 2.05. The molecule has 0 spiro atoms. The number of hydrogen-bond donors (Lipinski definition) is 0. The first-order valence-electron chi connectivity index (χ1n) is 4.07. The fraction of sp³-hybridized carbons (Fsp3) is 0.0909. The highest BCUT2D eigenvalue weighted by atomic mass is 35.5. The van der Waals surface area contributed by atoms with Crippen molar-refractivity contribution in [3.05, 3.63) is 46.3 Å². The molecular formula is C11H9ClS. The Hall–Kier alpha value is -0.790. The quantitative estimate of drug-likeness (QED) is 0.653. The predicted octanol–water partition coefficient (Wildman–Crippen LogP) is 4.38. The second-order valence-electron chi connectivity index (χ2n) is 2.96. The van der Waals surface area contributed by atoms with Crippen LogP contribution in [0.25, 0.3) is 10.4 Å². The van der Waals surface area contributed by atoms with Crippen LogP contribution in [0.4, 0.5) is 0 Å². The van der Waals surface area contributed by atoms with E-state index in [4.69, 9.17) is 11.6 Å². The van der Waals surface area contributed by atoms with Gasteiger partial charge in [-0.2, -0.15) is 0 Å². The molecule has 1 aromatic heterocycles. The van der Waals surface area contributed by atoms with E-state index in [1.165, 1.54) is 10.4 Å². The first kappa shape index (κ1) is 8.79. The summed E-state index contributed by atoms with van der Waals surface area (Å²) in [5.41, 5.74) is 2.33. The first-order valence-corrected chi connectivity index (χ1v) is 5.33. The van der Waals surface area contributed by atoms with Crippen LogP contribution in [-0.4, -0.2) is 0 Å². The van der Waals surface area contributed by atoms with Gasteiger partial charge in [0.2, 0.25) is 0 Å². The van der Waals surface area contributed by atoms with Crippen molar-refractivity contribution in [3.8, 4) is 10.4 Å². The van der Waals surface area contributed by atoms with Crippen LogP contribution in [0.5, 0.6) is 0 Å². The van der Waals surface area contributed by atoms with Crippen molar-refractivity contribution in [3.63, 3.8) is 0 Å². The first-order chi connectivity index (χ1) is 6.27. The Balaban J connectivity index is 2.53. The van der Waals surface area contributed by atoms with Gasteiger partial charge in [0, 0.05) is 15.5 Å². The van der Waals surface area contributed by atoms with E-state index in [2.05, 4.69) is 23.6 Å². The Kier molecular flexibility index (Phi) is 2.38. The molecular weight excluding hydrogens is 200 g/mol. The van der Waals surface area contributed by atoms with Crippen LogP contribution in [0.1, 0.15) is 5.56 Å². The molecule has 1 heterocycles. The van der Waals surface area contributed by atoms with E-state index >= 15 is 0 Å². The second-order valence-corrected chi connectivity index (χ2v) is 4.32. The molecule has 1 aromatic carbocycles. The topological polar surface area (TPSA) is 0 Å². The molecule has 0 nitrogen and oxygen atoms in total. The standard InChI is InChI=1S/C11H9ClS/c1-8-4-5-9(10(12)7-8)11-3-2-6-13-11/h2-7H,1H3. The highest BCUT2D eigenvalue weighted by molar-refractivity contribution is 7.13. The van der Waals surface area contributed by atoms with Crippen LogP contribution >= 0.6 is 22.9 Å². The normalized spacial score (nSPS) is 10.3. The van der Waals surface area contributed by atoms with Crippen molar-refractivity contribution in [2.24, 2.45) is 0 Å². The van der Waals surface area contributed by atoms with Gasteiger partial charge in [-0.25, -0.2) is 0 Å². The molecule has 0 fully saturated rings. The lowest BCUT2D eigenvalue weighted by atomic mass is 10.1. The third-order valence-corrected chi connectivity index (χ3v) is 3.13. The van der Waals surface area contributed by atoms with E-state index in [1.54, 1.807) is 11.3 Å². The maximum atomic E-state index is 6.13. The zero-order chi connectivity index (χ0) is 9.26. The minimum Gasteiger partial charge on any atom is -0.144 e. The molecule has 0 aliphatic rings. The summed E-state index contributed by atoms with van der Waals surface area (Å²) in [6.07, 6.45) is 0. The average Bonchev–Trinajstić information content (AvgIpc) is 2.56. The maximum Gasteiger partial charge on any atom is 0.0495 e. The maximum absolute atomic E-state index is 6.13. The predicted molar refractivity (Wildman–Crippen MR) is 59.5 cm³/mol. The fourth-order valence-electron chi connectivity index (χ4n) is 1.25. The molecule has 66 valence electrons. The third kappa shape index (κ3) is 1.77. The van der Waals surface area contributed by atoms with Crippen molar-refractivity contribution in [2.75, 3.05) is 0 Å². The molecule has 2 aromatic rings. The lowest BCUT2D eigenvalue weighted by molar-refractivity contribution is 1.48. The molecule has 0 bridgehead atoms. The number of hydrogen-bond acceptors (Lipinski definition) is 1. The van der Waals surface area contributed by atoms with Gasteiger partial charge in [0.1, 0.15) is 0 Å². The van der Waals surface area contributed by atoms with Crippen molar-refractivity contribution in [1.82, 2.24) is 0 Å². The van der Waals surface area contributed by atoms with Gasteiger partial charge in [0.25, 0.3) is 0 Å². The van der Waals surface area contributed by atoms with Gasteiger partial charge in [-0.15, -0.1) is 11.3 Å². The van der Waals surface area contributed by atoms with Crippen molar-refractivity contribution in [1.29, 1.82) is 0 Å². The van der Waals surface area contributed by atoms with Gasteiger partial charge in [-0.3, -0.25) is 0 Å². The summed E-state index contributed by atoms with van der Waals surface area (Å²) in [7, 11) is 0. The summed E-state index contributed by atoms with van der Waals surface area (Å²) in [5, 5.41) is 2.90. The second kappa shape index (κ2) is 3.52. The molecule has 0 N–H and O–H groups in total. The van der Waals surface area contributed by atoms with Gasteiger partial charge in [-0.05, 0) is 30.0 Å². The average molecular weight is 209 g/mol. The third-order valence-electron chi connectivity index (χ3n) is 1.91.